The van der Waals surface area contributed by atoms with Crippen LogP contribution in [0.15, 0.2) is 17.5 Å². The Labute approximate surface area is 53.6 Å². The van der Waals surface area contributed by atoms with Crippen LogP contribution >= 0.6 is 11.3 Å². The van der Waals surface area contributed by atoms with Crippen molar-refractivity contribution in [2.75, 3.05) is 11.9 Å². The van der Waals surface area contributed by atoms with Crippen molar-refractivity contribution >= 4 is 16.3 Å². The van der Waals surface area contributed by atoms with Crippen molar-refractivity contribution in [3.8, 4) is 0 Å². The molecule has 0 amide bonds. The largest absolute Gasteiger partial charge is 0.365 e. The Kier molecular flexibility index (Phi) is 1.53. The fourth-order valence-electron chi connectivity index (χ4n) is 0.487. The molecule has 1 aromatic rings. The molecule has 0 aromatic carbocycles. The second-order valence-corrected chi connectivity index (χ2v) is 2.58. The number of thiophene rings is 1. The Hall–Kier alpha value is -0.500. The normalized spacial score (nSPS) is 9.25. The molecule has 0 aliphatic carbocycles. The Morgan fingerprint density at radius 2 is 2.50 bits per heavy atom. The van der Waals surface area contributed by atoms with Crippen molar-refractivity contribution < 1.29 is 0 Å². The van der Waals surface area contributed by atoms with Crippen LogP contribution in [0.1, 0.15) is 0 Å². The lowest BCUT2D eigenvalue weighted by atomic mass is 10.6. The molecular formula is C6H8NS. The van der Waals surface area contributed by atoms with Gasteiger partial charge in [0.05, 0.1) is 5.00 Å². The third-order valence-corrected chi connectivity index (χ3v) is 1.86. The average molecular weight is 126 g/mol. The number of hydrogen-bond donors (Lipinski definition) is 0. The van der Waals surface area contributed by atoms with Crippen molar-refractivity contribution in [2.24, 2.45) is 0 Å². The molecule has 43 valence electrons. The minimum Gasteiger partial charge on any atom is -0.365 e. The molecule has 8 heavy (non-hydrogen) atoms. The van der Waals surface area contributed by atoms with Gasteiger partial charge >= 0.3 is 0 Å². The summed E-state index contributed by atoms with van der Waals surface area (Å²) in [6.07, 6.45) is 0. The standard InChI is InChI=1S/C6H8NS/c1-7(2)6-4-3-5-8-6/h3-5H,1H2,2H3. The summed E-state index contributed by atoms with van der Waals surface area (Å²) < 4.78 is 0. The van der Waals surface area contributed by atoms with Crippen molar-refractivity contribution in [2.45, 2.75) is 0 Å². The van der Waals surface area contributed by atoms with Crippen LogP contribution < -0.4 is 4.90 Å². The van der Waals surface area contributed by atoms with Gasteiger partial charge in [-0.3, -0.25) is 0 Å². The zero-order chi connectivity index (χ0) is 5.98. The first-order valence-electron chi connectivity index (χ1n) is 2.38. The second-order valence-electron chi connectivity index (χ2n) is 1.65. The van der Waals surface area contributed by atoms with E-state index >= 15 is 0 Å². The lowest BCUT2D eigenvalue weighted by molar-refractivity contribution is 1.24. The third-order valence-electron chi connectivity index (χ3n) is 0.882. The van der Waals surface area contributed by atoms with E-state index in [-0.39, 0.29) is 0 Å². The first-order chi connectivity index (χ1) is 3.80. The first-order valence-corrected chi connectivity index (χ1v) is 3.26. The van der Waals surface area contributed by atoms with Gasteiger partial charge in [0.1, 0.15) is 0 Å². The summed E-state index contributed by atoms with van der Waals surface area (Å²) in [5.41, 5.74) is 0. The molecule has 0 saturated carbocycles. The third kappa shape index (κ3) is 1.01. The van der Waals surface area contributed by atoms with Crippen LogP contribution in [0.3, 0.4) is 0 Å². The van der Waals surface area contributed by atoms with Crippen LogP contribution in [0, 0.1) is 7.05 Å². The number of rotatable bonds is 1. The van der Waals surface area contributed by atoms with Crippen molar-refractivity contribution in [1.29, 1.82) is 0 Å². The van der Waals surface area contributed by atoms with E-state index in [1.165, 1.54) is 5.00 Å². The van der Waals surface area contributed by atoms with Gasteiger partial charge in [-0.15, -0.1) is 11.3 Å². The van der Waals surface area contributed by atoms with Crippen LogP contribution in [0.4, 0.5) is 5.00 Å². The summed E-state index contributed by atoms with van der Waals surface area (Å²) in [4.78, 5) is 1.85. The lowest BCUT2D eigenvalue weighted by Crippen LogP contribution is -2.01. The smallest absolute Gasteiger partial charge is 0.0906 e. The molecular weight excluding hydrogens is 118 g/mol. The molecule has 1 heterocycles. The summed E-state index contributed by atoms with van der Waals surface area (Å²) in [5, 5.41) is 3.24. The lowest BCUT2D eigenvalue weighted by Gasteiger charge is -2.05. The van der Waals surface area contributed by atoms with E-state index in [9.17, 15) is 0 Å². The molecule has 1 aromatic heterocycles. The topological polar surface area (TPSA) is 3.24 Å². The zero-order valence-corrected chi connectivity index (χ0v) is 5.61. The van der Waals surface area contributed by atoms with E-state index in [4.69, 9.17) is 0 Å². The minimum atomic E-state index is 1.20. The predicted octanol–water partition coefficient (Wildman–Crippen LogP) is 1.98. The highest BCUT2D eigenvalue weighted by atomic mass is 32.1. The highest BCUT2D eigenvalue weighted by molar-refractivity contribution is 7.14. The quantitative estimate of drug-likeness (QED) is 0.556. The summed E-state index contributed by atoms with van der Waals surface area (Å²) in [7, 11) is 5.66. The van der Waals surface area contributed by atoms with Gasteiger partial charge in [-0.2, -0.15) is 0 Å². The minimum absolute atomic E-state index is 1.20. The van der Waals surface area contributed by atoms with Crippen LogP contribution in [0.5, 0.6) is 0 Å². The highest BCUT2D eigenvalue weighted by Gasteiger charge is 1.90. The SMILES string of the molecule is [CH2]N(C)c1cccs1. The number of hydrogen-bond acceptors (Lipinski definition) is 2. The Morgan fingerprint density at radius 3 is 2.75 bits per heavy atom. The maximum absolute atomic E-state index is 3.72. The van der Waals surface area contributed by atoms with Gasteiger partial charge < -0.3 is 4.90 Å². The van der Waals surface area contributed by atoms with E-state index in [1.807, 2.05) is 29.5 Å². The van der Waals surface area contributed by atoms with E-state index < -0.39 is 0 Å². The molecule has 1 radical (unpaired) electrons. The summed E-state index contributed by atoms with van der Waals surface area (Å²) >= 11 is 1.69. The maximum Gasteiger partial charge on any atom is 0.0906 e. The molecule has 0 aliphatic rings. The molecule has 0 N–H and O–H groups in total. The zero-order valence-electron chi connectivity index (χ0n) is 4.79. The maximum atomic E-state index is 3.72. The van der Waals surface area contributed by atoms with E-state index in [1.54, 1.807) is 11.3 Å². The van der Waals surface area contributed by atoms with E-state index in [0.717, 1.165) is 0 Å². The Bertz CT molecular complexity index is 144. The average Bonchev–Trinajstić information content (AvgIpc) is 2.12. The molecule has 0 aliphatic heterocycles. The summed E-state index contributed by atoms with van der Waals surface area (Å²) in [5.74, 6) is 0. The van der Waals surface area contributed by atoms with Gasteiger partial charge in [-0.1, -0.05) is 0 Å². The molecule has 2 heteroatoms. The Balaban J connectivity index is 2.77. The van der Waals surface area contributed by atoms with Crippen molar-refractivity contribution in [1.82, 2.24) is 0 Å². The molecule has 0 bridgehead atoms. The fraction of sp³-hybridized carbons (Fsp3) is 0.167. The van der Waals surface area contributed by atoms with Gasteiger partial charge in [0.25, 0.3) is 0 Å². The van der Waals surface area contributed by atoms with Crippen LogP contribution in [0.25, 0.3) is 0 Å². The highest BCUT2D eigenvalue weighted by Crippen LogP contribution is 2.17. The van der Waals surface area contributed by atoms with Gasteiger partial charge in [-0.05, 0) is 17.5 Å². The van der Waals surface area contributed by atoms with Gasteiger partial charge in [-0.25, -0.2) is 0 Å². The second kappa shape index (κ2) is 2.18. The molecule has 0 spiro atoms. The number of nitrogens with zero attached hydrogens (tertiary/aromatic N) is 1. The first kappa shape index (κ1) is 5.63. The van der Waals surface area contributed by atoms with Crippen LogP contribution in [-0.4, -0.2) is 7.05 Å². The molecule has 1 nitrogen and oxygen atoms in total. The van der Waals surface area contributed by atoms with Gasteiger partial charge in [0.2, 0.25) is 0 Å². The van der Waals surface area contributed by atoms with Crippen molar-refractivity contribution in [3.05, 3.63) is 24.6 Å². The predicted molar refractivity (Wildman–Crippen MR) is 38.1 cm³/mol. The summed E-state index contributed by atoms with van der Waals surface area (Å²) in [6.45, 7) is 0. The Morgan fingerprint density at radius 1 is 1.75 bits per heavy atom. The number of anilines is 1. The monoisotopic (exact) mass is 126 g/mol. The summed E-state index contributed by atoms with van der Waals surface area (Å²) in [6, 6.07) is 4.05. The fourth-order valence-corrected chi connectivity index (χ4v) is 1.12. The van der Waals surface area contributed by atoms with Gasteiger partial charge in [0.15, 0.2) is 0 Å². The van der Waals surface area contributed by atoms with Gasteiger partial charge in [0, 0.05) is 14.1 Å². The van der Waals surface area contributed by atoms with E-state index in [0.29, 0.717) is 0 Å². The molecule has 0 fully saturated rings. The molecule has 0 saturated heterocycles. The van der Waals surface area contributed by atoms with Crippen molar-refractivity contribution in [3.63, 3.8) is 0 Å². The molecule has 1 rings (SSSR count). The van der Waals surface area contributed by atoms with Crippen LogP contribution in [0.2, 0.25) is 0 Å². The van der Waals surface area contributed by atoms with E-state index in [2.05, 4.69) is 7.05 Å². The molecule has 0 atom stereocenters. The molecule has 0 unspecified atom stereocenters. The van der Waals surface area contributed by atoms with Crippen LogP contribution in [-0.2, 0) is 0 Å².